The first-order chi connectivity index (χ1) is 9.28. The Bertz CT molecular complexity index is 525. The van der Waals surface area contributed by atoms with E-state index in [1.807, 2.05) is 0 Å². The molecular formula is C13H17BrIN3S2. The molecule has 0 atom stereocenters. The van der Waals surface area contributed by atoms with Gasteiger partial charge in [-0.25, -0.2) is 4.99 Å². The Balaban J connectivity index is 0.00000200. The highest BCUT2D eigenvalue weighted by Gasteiger charge is 2.00. The van der Waals surface area contributed by atoms with Crippen LogP contribution in [0.4, 0.5) is 0 Å². The van der Waals surface area contributed by atoms with Crippen molar-refractivity contribution >= 4 is 68.5 Å². The maximum absolute atomic E-state index is 4.59. The van der Waals surface area contributed by atoms with Crippen molar-refractivity contribution in [3.63, 3.8) is 0 Å². The molecular weight excluding hydrogens is 469 g/mol. The van der Waals surface area contributed by atoms with E-state index in [0.717, 1.165) is 23.5 Å². The smallest absolute Gasteiger partial charge is 0.191 e. The van der Waals surface area contributed by atoms with Crippen LogP contribution in [0.25, 0.3) is 0 Å². The number of guanidine groups is 1. The van der Waals surface area contributed by atoms with Gasteiger partial charge in [-0.15, -0.1) is 46.7 Å². The lowest BCUT2D eigenvalue weighted by Crippen LogP contribution is -2.36. The molecule has 2 N–H and O–H groups in total. The molecule has 0 aliphatic heterocycles. The van der Waals surface area contributed by atoms with Crippen LogP contribution in [-0.2, 0) is 13.1 Å². The molecule has 2 rings (SSSR count). The number of rotatable bonds is 5. The van der Waals surface area contributed by atoms with Gasteiger partial charge in [-0.2, -0.15) is 0 Å². The van der Waals surface area contributed by atoms with E-state index < -0.39 is 0 Å². The predicted octanol–water partition coefficient (Wildman–Crippen LogP) is 4.45. The third-order valence-corrected chi connectivity index (χ3v) is 4.93. The molecule has 2 aromatic heterocycles. The molecule has 0 amide bonds. The van der Waals surface area contributed by atoms with Crippen LogP contribution in [0.15, 0.2) is 38.4 Å². The van der Waals surface area contributed by atoms with E-state index in [0.29, 0.717) is 6.54 Å². The second-order valence-corrected chi connectivity index (χ2v) is 6.80. The highest BCUT2D eigenvalue weighted by molar-refractivity contribution is 14.0. The van der Waals surface area contributed by atoms with E-state index in [9.17, 15) is 0 Å². The molecule has 0 saturated carbocycles. The van der Waals surface area contributed by atoms with Gasteiger partial charge in [0, 0.05) is 26.2 Å². The van der Waals surface area contributed by atoms with Crippen molar-refractivity contribution in [1.29, 1.82) is 0 Å². The van der Waals surface area contributed by atoms with Gasteiger partial charge in [0.1, 0.15) is 0 Å². The second-order valence-electron chi connectivity index (χ2n) is 3.86. The summed E-state index contributed by atoms with van der Waals surface area (Å²) in [5.41, 5.74) is 0. The Hall–Kier alpha value is -0.120. The third-order valence-electron chi connectivity index (χ3n) is 2.37. The van der Waals surface area contributed by atoms with Gasteiger partial charge in [0.05, 0.1) is 13.1 Å². The predicted molar refractivity (Wildman–Crippen MR) is 103 cm³/mol. The van der Waals surface area contributed by atoms with Crippen molar-refractivity contribution < 1.29 is 0 Å². The molecule has 0 radical (unpaired) electrons. The summed E-state index contributed by atoms with van der Waals surface area (Å²) >= 11 is 6.93. The van der Waals surface area contributed by atoms with E-state index in [4.69, 9.17) is 0 Å². The number of nitrogens with zero attached hydrogens (tertiary/aromatic N) is 1. The summed E-state index contributed by atoms with van der Waals surface area (Å²) in [7, 11) is 0. The topological polar surface area (TPSA) is 36.4 Å². The molecule has 0 aromatic carbocycles. The van der Waals surface area contributed by atoms with Gasteiger partial charge < -0.3 is 10.6 Å². The normalized spacial score (nSPS) is 11.0. The monoisotopic (exact) mass is 485 g/mol. The summed E-state index contributed by atoms with van der Waals surface area (Å²) in [4.78, 5) is 7.15. The van der Waals surface area contributed by atoms with Crippen molar-refractivity contribution in [3.05, 3.63) is 43.2 Å². The van der Waals surface area contributed by atoms with Gasteiger partial charge in [-0.1, -0.05) is 6.07 Å². The maximum Gasteiger partial charge on any atom is 0.191 e. The molecule has 3 nitrogen and oxygen atoms in total. The molecule has 0 fully saturated rings. The molecule has 0 saturated heterocycles. The van der Waals surface area contributed by atoms with Gasteiger partial charge >= 0.3 is 0 Å². The van der Waals surface area contributed by atoms with E-state index in [-0.39, 0.29) is 24.0 Å². The van der Waals surface area contributed by atoms with Crippen LogP contribution in [0.2, 0.25) is 0 Å². The number of hydrogen-bond donors (Lipinski definition) is 2. The van der Waals surface area contributed by atoms with Crippen LogP contribution < -0.4 is 10.6 Å². The Morgan fingerprint density at radius 1 is 1.30 bits per heavy atom. The number of aliphatic imine (C=N–C) groups is 1. The van der Waals surface area contributed by atoms with Gasteiger partial charge in [-0.3, -0.25) is 0 Å². The zero-order valence-electron chi connectivity index (χ0n) is 11.1. The van der Waals surface area contributed by atoms with Crippen LogP contribution >= 0.6 is 62.6 Å². The number of thiophene rings is 2. The van der Waals surface area contributed by atoms with Crippen LogP contribution in [0.1, 0.15) is 16.7 Å². The third kappa shape index (κ3) is 6.11. The summed E-state index contributed by atoms with van der Waals surface area (Å²) in [6.07, 6.45) is 0. The minimum Gasteiger partial charge on any atom is -0.357 e. The van der Waals surface area contributed by atoms with E-state index in [2.05, 4.69) is 67.4 Å². The van der Waals surface area contributed by atoms with Crippen LogP contribution in [-0.4, -0.2) is 12.5 Å². The molecule has 7 heteroatoms. The fourth-order valence-corrected chi connectivity index (χ4v) is 3.54. The Labute approximate surface area is 153 Å². The van der Waals surface area contributed by atoms with Crippen molar-refractivity contribution in [3.8, 4) is 0 Å². The average Bonchev–Trinajstić information content (AvgIpc) is 3.04. The zero-order chi connectivity index (χ0) is 13.5. The molecule has 110 valence electrons. The highest BCUT2D eigenvalue weighted by Crippen LogP contribution is 2.20. The van der Waals surface area contributed by atoms with Crippen LogP contribution in [0.3, 0.4) is 0 Å². The molecule has 20 heavy (non-hydrogen) atoms. The average molecular weight is 486 g/mol. The van der Waals surface area contributed by atoms with Crippen molar-refractivity contribution in [2.45, 2.75) is 20.0 Å². The highest BCUT2D eigenvalue weighted by atomic mass is 127. The largest absolute Gasteiger partial charge is 0.357 e. The van der Waals surface area contributed by atoms with Gasteiger partial charge in [0.15, 0.2) is 5.96 Å². The lowest BCUT2D eigenvalue weighted by molar-refractivity contribution is 0.825. The van der Waals surface area contributed by atoms with Gasteiger partial charge in [0.2, 0.25) is 0 Å². The van der Waals surface area contributed by atoms with E-state index >= 15 is 0 Å². The summed E-state index contributed by atoms with van der Waals surface area (Å²) < 4.78 is 1.12. The van der Waals surface area contributed by atoms with E-state index in [1.165, 1.54) is 9.75 Å². The summed E-state index contributed by atoms with van der Waals surface area (Å²) in [6.45, 7) is 4.46. The molecule has 0 unspecified atom stereocenters. The molecule has 0 spiro atoms. The number of halogens is 2. The quantitative estimate of drug-likeness (QED) is 0.373. The lowest BCUT2D eigenvalue weighted by atomic mass is 10.4. The van der Waals surface area contributed by atoms with Crippen molar-refractivity contribution in [2.75, 3.05) is 6.54 Å². The Morgan fingerprint density at radius 3 is 2.75 bits per heavy atom. The second kappa shape index (κ2) is 9.75. The Morgan fingerprint density at radius 2 is 2.15 bits per heavy atom. The molecule has 0 bridgehead atoms. The maximum atomic E-state index is 4.59. The lowest BCUT2D eigenvalue weighted by Gasteiger charge is -2.09. The van der Waals surface area contributed by atoms with Crippen LogP contribution in [0, 0.1) is 0 Å². The molecule has 0 aliphatic rings. The van der Waals surface area contributed by atoms with Crippen molar-refractivity contribution in [2.24, 2.45) is 4.99 Å². The first-order valence-electron chi connectivity index (χ1n) is 6.05. The summed E-state index contributed by atoms with van der Waals surface area (Å²) in [6, 6.07) is 6.30. The first kappa shape index (κ1) is 17.9. The van der Waals surface area contributed by atoms with E-state index in [1.54, 1.807) is 22.7 Å². The first-order valence-corrected chi connectivity index (χ1v) is 8.60. The molecule has 2 heterocycles. The molecule has 0 aliphatic carbocycles. The SMILES string of the molecule is CCNC(=NCc1cc(Br)cs1)NCc1cccs1.I. The zero-order valence-corrected chi connectivity index (χ0v) is 16.6. The number of nitrogens with one attached hydrogen (secondary N) is 2. The van der Waals surface area contributed by atoms with Crippen molar-refractivity contribution in [1.82, 2.24) is 10.6 Å². The minimum absolute atomic E-state index is 0. The Kier molecular flexibility index (Phi) is 8.74. The fourth-order valence-electron chi connectivity index (χ4n) is 1.52. The van der Waals surface area contributed by atoms with Crippen LogP contribution in [0.5, 0.6) is 0 Å². The molecule has 2 aromatic rings. The fraction of sp³-hybridized carbons (Fsp3) is 0.308. The standard InChI is InChI=1S/C13H16BrN3S2.HI/c1-2-15-13(16-7-11-4-3-5-18-11)17-8-12-6-10(14)9-19-12;/h3-6,9H,2,7-8H2,1H3,(H2,15,16,17);1H. The summed E-state index contributed by atoms with van der Waals surface area (Å²) in [5, 5.41) is 10.8. The minimum atomic E-state index is 0. The number of hydrogen-bond acceptors (Lipinski definition) is 3. The van der Waals surface area contributed by atoms with Gasteiger partial charge in [0.25, 0.3) is 0 Å². The van der Waals surface area contributed by atoms with Gasteiger partial charge in [-0.05, 0) is 40.4 Å². The summed E-state index contributed by atoms with van der Waals surface area (Å²) in [5.74, 6) is 0.862.